The van der Waals surface area contributed by atoms with Crippen LogP contribution in [-0.2, 0) is 14.1 Å². The van der Waals surface area contributed by atoms with Crippen LogP contribution in [0.2, 0.25) is 0 Å². The van der Waals surface area contributed by atoms with E-state index >= 15 is 0 Å². The molecule has 8 heteroatoms. The minimum absolute atomic E-state index is 0.484. The fourth-order valence-corrected chi connectivity index (χ4v) is 12.9. The van der Waals surface area contributed by atoms with Crippen molar-refractivity contribution < 1.29 is 25.6 Å². The zero-order valence-electron chi connectivity index (χ0n) is 16.2. The molecule has 0 aromatic heterocycles. The summed E-state index contributed by atoms with van der Waals surface area (Å²) in [7, 11) is -5.58. The third-order valence-electron chi connectivity index (χ3n) is 4.90. The summed E-state index contributed by atoms with van der Waals surface area (Å²) in [5.41, 5.74) is -5.35. The van der Waals surface area contributed by atoms with Crippen molar-refractivity contribution in [1.82, 2.24) is 0 Å². The second kappa shape index (κ2) is 10.5. The summed E-state index contributed by atoms with van der Waals surface area (Å²) in [4.78, 5) is 0. The zero-order valence-corrected chi connectivity index (χ0v) is 17.9. The van der Waals surface area contributed by atoms with Gasteiger partial charge in [0.1, 0.15) is 0 Å². The van der Waals surface area contributed by atoms with Crippen LogP contribution in [-0.4, -0.2) is 38.6 Å². The molecule has 0 aromatic carbocycles. The Balaban J connectivity index is 6.17. The molecule has 0 saturated heterocycles. The van der Waals surface area contributed by atoms with Crippen LogP contribution in [0.3, 0.4) is 0 Å². The second-order valence-corrected chi connectivity index (χ2v) is 14.6. The topological polar surface area (TPSA) is 43.4 Å². The van der Waals surface area contributed by atoms with Gasteiger partial charge in [0.15, 0.2) is 0 Å². The molecule has 0 atom stereocenters. The SMILES string of the molecule is CCCCP(CCCC)(CCCC)(CCCC)OS(=O)(=O)C(F)(F)F. The average molecular weight is 409 g/mol. The normalized spacial score (nSPS) is 15.1. The van der Waals surface area contributed by atoms with Gasteiger partial charge in [0.25, 0.3) is 0 Å². The standard InChI is InChI=1S/C17H36F3O3PS/c1-5-9-13-24(14-10-6-2,15-11-7-3,16-12-8-4)23-25(21,22)17(18,19)20/h5-16H2,1-4H3. The molecule has 0 radical (unpaired) electrons. The molecule has 0 heterocycles. The Morgan fingerprint density at radius 3 is 1.20 bits per heavy atom. The molecular weight excluding hydrogens is 372 g/mol. The molecule has 0 bridgehead atoms. The van der Waals surface area contributed by atoms with Gasteiger partial charge in [-0.3, -0.25) is 0 Å². The van der Waals surface area contributed by atoms with E-state index in [0.717, 1.165) is 25.7 Å². The number of hydrogen-bond acceptors (Lipinski definition) is 3. The Morgan fingerprint density at radius 2 is 1.00 bits per heavy atom. The summed E-state index contributed by atoms with van der Waals surface area (Å²) in [5, 5.41) is 0. The predicted octanol–water partition coefficient (Wildman–Crippen LogP) is 6.52. The molecule has 0 aliphatic heterocycles. The molecule has 25 heavy (non-hydrogen) atoms. The second-order valence-electron chi connectivity index (χ2n) is 7.14. The van der Waals surface area contributed by atoms with Gasteiger partial charge in [-0.2, -0.15) is 0 Å². The van der Waals surface area contributed by atoms with Crippen molar-refractivity contribution in [3.05, 3.63) is 0 Å². The molecule has 0 aliphatic carbocycles. The van der Waals surface area contributed by atoms with Gasteiger partial charge in [0.05, 0.1) is 0 Å². The Labute approximate surface area is 152 Å². The molecule has 0 aliphatic rings. The van der Waals surface area contributed by atoms with Crippen molar-refractivity contribution in [2.75, 3.05) is 24.6 Å². The van der Waals surface area contributed by atoms with E-state index in [4.69, 9.17) is 3.97 Å². The molecular formula is C17H36F3O3PS. The van der Waals surface area contributed by atoms with E-state index in [1.165, 1.54) is 0 Å². The van der Waals surface area contributed by atoms with Gasteiger partial charge in [-0.1, -0.05) is 0 Å². The zero-order chi connectivity index (χ0) is 19.6. The maximum atomic E-state index is 13.1. The Morgan fingerprint density at radius 1 is 0.720 bits per heavy atom. The van der Waals surface area contributed by atoms with E-state index < -0.39 is 22.5 Å². The first-order chi connectivity index (χ1) is 11.5. The number of alkyl halides is 3. The number of rotatable bonds is 14. The fourth-order valence-electron chi connectivity index (χ4n) is 3.37. The Kier molecular flexibility index (Phi) is 10.5. The Hall–Kier alpha value is 0.130. The summed E-state index contributed by atoms with van der Waals surface area (Å²) in [5.74, 6) is 0. The van der Waals surface area contributed by atoms with E-state index in [2.05, 4.69) is 0 Å². The summed E-state index contributed by atoms with van der Waals surface area (Å²) in [6.07, 6.45) is 8.05. The van der Waals surface area contributed by atoms with Crippen LogP contribution in [0.15, 0.2) is 0 Å². The summed E-state index contributed by atoms with van der Waals surface area (Å²) >= 11 is 0. The van der Waals surface area contributed by atoms with Crippen molar-refractivity contribution >= 4 is 16.9 Å². The summed E-state index contributed by atoms with van der Waals surface area (Å²) in [6.45, 7) is 4.42. The number of unbranched alkanes of at least 4 members (excludes halogenated alkanes) is 4. The Bertz CT molecular complexity index is 435. The fraction of sp³-hybridized carbons (Fsp3) is 1.00. The van der Waals surface area contributed by atoms with Gasteiger partial charge in [-0.25, -0.2) is 0 Å². The average Bonchev–Trinajstić information content (AvgIpc) is 2.54. The molecule has 0 aromatic rings. The molecule has 0 spiro atoms. The molecule has 0 rings (SSSR count). The van der Waals surface area contributed by atoms with E-state index in [9.17, 15) is 21.6 Å². The molecule has 0 saturated carbocycles. The van der Waals surface area contributed by atoms with Gasteiger partial charge in [0.2, 0.25) is 0 Å². The van der Waals surface area contributed by atoms with Gasteiger partial charge < -0.3 is 0 Å². The van der Waals surface area contributed by atoms with Crippen LogP contribution in [0.1, 0.15) is 79.1 Å². The van der Waals surface area contributed by atoms with E-state index in [-0.39, 0.29) is 0 Å². The van der Waals surface area contributed by atoms with E-state index in [1.54, 1.807) is 0 Å². The van der Waals surface area contributed by atoms with Crippen LogP contribution >= 0.6 is 6.83 Å². The summed E-state index contributed by atoms with van der Waals surface area (Å²) < 4.78 is 68.8. The van der Waals surface area contributed by atoms with Crippen LogP contribution in [0.5, 0.6) is 0 Å². The molecule has 0 N–H and O–H groups in total. The van der Waals surface area contributed by atoms with Crippen molar-refractivity contribution in [3.63, 3.8) is 0 Å². The summed E-state index contributed by atoms with van der Waals surface area (Å²) in [6, 6.07) is 0. The van der Waals surface area contributed by atoms with Crippen LogP contribution in [0, 0.1) is 0 Å². The molecule has 154 valence electrons. The minimum atomic E-state index is -5.58. The van der Waals surface area contributed by atoms with Gasteiger partial charge in [-0.15, -0.1) is 0 Å². The number of halogens is 3. The van der Waals surface area contributed by atoms with E-state index in [0.29, 0.717) is 50.3 Å². The van der Waals surface area contributed by atoms with Gasteiger partial charge >= 0.3 is 152 Å². The molecule has 0 amide bonds. The van der Waals surface area contributed by atoms with Crippen LogP contribution in [0.25, 0.3) is 0 Å². The first-order valence-corrected chi connectivity index (χ1v) is 13.9. The first-order valence-electron chi connectivity index (χ1n) is 9.55. The quantitative estimate of drug-likeness (QED) is 0.243. The maximum absolute atomic E-state index is 13.1. The van der Waals surface area contributed by atoms with Gasteiger partial charge in [0, 0.05) is 0 Å². The van der Waals surface area contributed by atoms with Crippen LogP contribution < -0.4 is 0 Å². The van der Waals surface area contributed by atoms with Gasteiger partial charge in [-0.05, 0) is 0 Å². The monoisotopic (exact) mass is 408 g/mol. The molecule has 0 unspecified atom stereocenters. The van der Waals surface area contributed by atoms with E-state index in [1.807, 2.05) is 27.7 Å². The van der Waals surface area contributed by atoms with Crippen molar-refractivity contribution in [3.8, 4) is 0 Å². The third-order valence-corrected chi connectivity index (χ3v) is 13.7. The van der Waals surface area contributed by atoms with Crippen molar-refractivity contribution in [2.45, 2.75) is 84.6 Å². The number of hydrogen-bond donors (Lipinski definition) is 0. The van der Waals surface area contributed by atoms with Crippen molar-refractivity contribution in [1.29, 1.82) is 0 Å². The predicted molar refractivity (Wildman–Crippen MR) is 102 cm³/mol. The first kappa shape index (κ1) is 25.1. The third kappa shape index (κ3) is 7.34. The van der Waals surface area contributed by atoms with Crippen molar-refractivity contribution in [2.24, 2.45) is 0 Å². The molecule has 0 fully saturated rings. The molecule has 3 nitrogen and oxygen atoms in total. The van der Waals surface area contributed by atoms with Crippen LogP contribution in [0.4, 0.5) is 13.2 Å².